The summed E-state index contributed by atoms with van der Waals surface area (Å²) in [7, 11) is 0. The number of nitrogens with two attached hydrogens (primary N) is 1. The van der Waals surface area contributed by atoms with E-state index in [1.807, 2.05) is 20.8 Å². The third-order valence-electron chi connectivity index (χ3n) is 4.54. The molecule has 0 saturated heterocycles. The van der Waals surface area contributed by atoms with Gasteiger partial charge in [-0.1, -0.05) is 23.4 Å². The lowest BCUT2D eigenvalue weighted by atomic mass is 10.1. The van der Waals surface area contributed by atoms with Crippen LogP contribution in [0.25, 0.3) is 22.9 Å². The lowest BCUT2D eigenvalue weighted by Gasteiger charge is -2.20. The maximum absolute atomic E-state index is 14.2. The standard InChI is InChI=1S/C22H22FN7O2/c1-22(2,3)27-21(31)14-11-25-20(26-19(14)24)17-10-18(16-8-9-32-29-16)30(28-17)12-13-6-4-5-7-15(13)23/h4-11H,12H2,1-3H3,(H,27,31)(H2,24,25,26). The van der Waals surface area contributed by atoms with Crippen LogP contribution in [0.4, 0.5) is 10.2 Å². The number of halogens is 1. The van der Waals surface area contributed by atoms with Gasteiger partial charge in [-0.3, -0.25) is 9.48 Å². The van der Waals surface area contributed by atoms with Crippen LogP contribution in [0.1, 0.15) is 36.7 Å². The second-order valence-electron chi connectivity index (χ2n) is 8.25. The van der Waals surface area contributed by atoms with E-state index < -0.39 is 5.54 Å². The van der Waals surface area contributed by atoms with Crippen molar-refractivity contribution in [2.24, 2.45) is 0 Å². The fourth-order valence-electron chi connectivity index (χ4n) is 3.09. The van der Waals surface area contributed by atoms with Crippen molar-refractivity contribution in [2.45, 2.75) is 32.9 Å². The number of carbonyl (C=O) groups excluding carboxylic acids is 1. The van der Waals surface area contributed by atoms with Crippen LogP contribution in [0.5, 0.6) is 0 Å². The number of hydrogen-bond donors (Lipinski definition) is 2. The smallest absolute Gasteiger partial charge is 0.257 e. The Morgan fingerprint density at radius 3 is 2.66 bits per heavy atom. The van der Waals surface area contributed by atoms with Crippen LogP contribution >= 0.6 is 0 Å². The van der Waals surface area contributed by atoms with Gasteiger partial charge in [0.05, 0.1) is 17.8 Å². The van der Waals surface area contributed by atoms with Crippen LogP contribution in [0, 0.1) is 5.82 Å². The molecule has 0 aliphatic rings. The summed E-state index contributed by atoms with van der Waals surface area (Å²) in [6.45, 7) is 5.76. The van der Waals surface area contributed by atoms with E-state index in [1.165, 1.54) is 18.5 Å². The molecule has 0 bridgehead atoms. The minimum absolute atomic E-state index is 0.0309. The number of carbonyl (C=O) groups is 1. The Kier molecular flexibility index (Phi) is 5.43. The number of hydrogen-bond acceptors (Lipinski definition) is 7. The molecule has 0 spiro atoms. The first-order valence-electron chi connectivity index (χ1n) is 9.89. The Labute approximate surface area is 183 Å². The normalized spacial score (nSPS) is 11.5. The lowest BCUT2D eigenvalue weighted by molar-refractivity contribution is 0.0920. The van der Waals surface area contributed by atoms with Crippen molar-refractivity contribution in [1.82, 2.24) is 30.2 Å². The van der Waals surface area contributed by atoms with Gasteiger partial charge in [-0.05, 0) is 32.9 Å². The largest absolute Gasteiger partial charge is 0.383 e. The SMILES string of the molecule is CC(C)(C)NC(=O)c1cnc(-c2cc(-c3ccon3)n(Cc3ccccc3F)n2)nc1N. The van der Waals surface area contributed by atoms with E-state index in [9.17, 15) is 9.18 Å². The zero-order valence-electron chi connectivity index (χ0n) is 17.8. The van der Waals surface area contributed by atoms with Crippen molar-refractivity contribution >= 4 is 11.7 Å². The molecule has 10 heteroatoms. The highest BCUT2D eigenvalue weighted by Crippen LogP contribution is 2.25. The molecule has 4 aromatic rings. The van der Waals surface area contributed by atoms with Gasteiger partial charge in [-0.25, -0.2) is 14.4 Å². The summed E-state index contributed by atoms with van der Waals surface area (Å²) in [5, 5.41) is 11.3. The Bertz CT molecular complexity index is 1260. The molecule has 9 nitrogen and oxygen atoms in total. The lowest BCUT2D eigenvalue weighted by Crippen LogP contribution is -2.41. The van der Waals surface area contributed by atoms with E-state index >= 15 is 0 Å². The van der Waals surface area contributed by atoms with Gasteiger partial charge in [-0.2, -0.15) is 5.10 Å². The summed E-state index contributed by atoms with van der Waals surface area (Å²) in [4.78, 5) is 21.0. The van der Waals surface area contributed by atoms with Crippen LogP contribution in [-0.4, -0.2) is 36.4 Å². The van der Waals surface area contributed by atoms with E-state index in [4.69, 9.17) is 10.3 Å². The summed E-state index contributed by atoms with van der Waals surface area (Å²) in [5.74, 6) is -0.449. The van der Waals surface area contributed by atoms with E-state index in [2.05, 4.69) is 25.5 Å². The number of nitrogens with zero attached hydrogens (tertiary/aromatic N) is 5. The van der Waals surface area contributed by atoms with Gasteiger partial charge in [0.2, 0.25) is 0 Å². The van der Waals surface area contributed by atoms with Crippen molar-refractivity contribution in [3.8, 4) is 22.9 Å². The molecule has 3 aromatic heterocycles. The van der Waals surface area contributed by atoms with E-state index in [0.717, 1.165) is 0 Å². The first-order valence-corrected chi connectivity index (χ1v) is 9.89. The topological polar surface area (TPSA) is 125 Å². The molecule has 32 heavy (non-hydrogen) atoms. The Morgan fingerprint density at radius 2 is 2.00 bits per heavy atom. The van der Waals surface area contributed by atoms with Gasteiger partial charge in [0.1, 0.15) is 29.3 Å². The van der Waals surface area contributed by atoms with Crippen LogP contribution < -0.4 is 11.1 Å². The average Bonchev–Trinajstić information content (AvgIpc) is 3.38. The molecule has 0 aliphatic carbocycles. The molecule has 0 fully saturated rings. The Hall–Kier alpha value is -4.08. The number of aromatic nitrogens is 5. The second-order valence-corrected chi connectivity index (χ2v) is 8.25. The molecule has 0 atom stereocenters. The summed E-state index contributed by atoms with van der Waals surface area (Å²) in [5.41, 5.74) is 7.75. The van der Waals surface area contributed by atoms with Crippen molar-refractivity contribution in [3.63, 3.8) is 0 Å². The zero-order chi connectivity index (χ0) is 22.9. The fourth-order valence-corrected chi connectivity index (χ4v) is 3.09. The number of nitrogens with one attached hydrogen (secondary N) is 1. The van der Waals surface area contributed by atoms with Crippen molar-refractivity contribution < 1.29 is 13.7 Å². The molecule has 0 radical (unpaired) electrons. The maximum Gasteiger partial charge on any atom is 0.257 e. The molecule has 0 saturated carbocycles. The summed E-state index contributed by atoms with van der Waals surface area (Å²) in [6.07, 6.45) is 2.80. The highest BCUT2D eigenvalue weighted by Gasteiger charge is 2.21. The zero-order valence-corrected chi connectivity index (χ0v) is 17.8. The highest BCUT2D eigenvalue weighted by molar-refractivity contribution is 5.98. The first-order chi connectivity index (χ1) is 15.2. The van der Waals surface area contributed by atoms with Crippen LogP contribution in [-0.2, 0) is 6.54 Å². The van der Waals surface area contributed by atoms with Gasteiger partial charge in [0.25, 0.3) is 5.91 Å². The Morgan fingerprint density at radius 1 is 1.22 bits per heavy atom. The third kappa shape index (κ3) is 4.48. The molecule has 0 unspecified atom stereocenters. The van der Waals surface area contributed by atoms with Crippen molar-refractivity contribution in [1.29, 1.82) is 0 Å². The van der Waals surface area contributed by atoms with Crippen molar-refractivity contribution in [3.05, 3.63) is 65.8 Å². The Balaban J connectivity index is 1.71. The van der Waals surface area contributed by atoms with Gasteiger partial charge in [0.15, 0.2) is 5.82 Å². The summed E-state index contributed by atoms with van der Waals surface area (Å²) in [6, 6.07) is 9.83. The van der Waals surface area contributed by atoms with Crippen LogP contribution in [0.3, 0.4) is 0 Å². The molecular weight excluding hydrogens is 413 g/mol. The molecular formula is C22H22FN7O2. The molecule has 4 rings (SSSR count). The molecule has 3 N–H and O–H groups in total. The molecule has 1 aromatic carbocycles. The number of rotatable bonds is 5. The van der Waals surface area contributed by atoms with Gasteiger partial charge >= 0.3 is 0 Å². The predicted octanol–water partition coefficient (Wildman–Crippen LogP) is 3.29. The van der Waals surface area contributed by atoms with E-state index in [-0.39, 0.29) is 35.5 Å². The maximum atomic E-state index is 14.2. The van der Waals surface area contributed by atoms with Gasteiger partial charge in [0, 0.05) is 23.4 Å². The average molecular weight is 435 g/mol. The van der Waals surface area contributed by atoms with Crippen molar-refractivity contribution in [2.75, 3.05) is 5.73 Å². The third-order valence-corrected chi connectivity index (χ3v) is 4.54. The monoisotopic (exact) mass is 435 g/mol. The minimum Gasteiger partial charge on any atom is -0.383 e. The molecule has 0 aliphatic heterocycles. The van der Waals surface area contributed by atoms with Gasteiger partial charge in [-0.15, -0.1) is 0 Å². The fraction of sp³-hybridized carbons (Fsp3) is 0.227. The summed E-state index contributed by atoms with van der Waals surface area (Å²) >= 11 is 0. The highest BCUT2D eigenvalue weighted by atomic mass is 19.1. The molecule has 1 amide bonds. The quantitative estimate of drug-likeness (QED) is 0.493. The molecule has 3 heterocycles. The first kappa shape index (κ1) is 21.2. The number of amides is 1. The molecule has 164 valence electrons. The van der Waals surface area contributed by atoms with E-state index in [0.29, 0.717) is 22.6 Å². The minimum atomic E-state index is -0.430. The van der Waals surface area contributed by atoms with Crippen LogP contribution in [0.15, 0.2) is 53.4 Å². The van der Waals surface area contributed by atoms with E-state index in [1.54, 1.807) is 35.0 Å². The predicted molar refractivity (Wildman–Crippen MR) is 116 cm³/mol. The number of nitrogen functional groups attached to an aromatic ring is 1. The summed E-state index contributed by atoms with van der Waals surface area (Å²) < 4.78 is 20.8. The number of anilines is 1. The second kappa shape index (κ2) is 8.22. The number of benzene rings is 1. The van der Waals surface area contributed by atoms with Gasteiger partial charge < -0.3 is 15.6 Å². The van der Waals surface area contributed by atoms with Crippen LogP contribution in [0.2, 0.25) is 0 Å².